The van der Waals surface area contributed by atoms with Crippen molar-refractivity contribution in [2.24, 2.45) is 17.3 Å². The summed E-state index contributed by atoms with van der Waals surface area (Å²) in [7, 11) is 4.46. The minimum atomic E-state index is -4.64. The van der Waals surface area contributed by atoms with Crippen LogP contribution in [0, 0.1) is 17.3 Å². The SMILES string of the molecule is COc1cc(-c2nnc(NC(=O)C3C(C=C(Cl)C(F)(F)F)C3(C)C)s2)cc(OC)c1OC. The van der Waals surface area contributed by atoms with Gasteiger partial charge in [0.05, 0.1) is 27.2 Å². The van der Waals surface area contributed by atoms with Gasteiger partial charge in [-0.15, -0.1) is 10.2 Å². The van der Waals surface area contributed by atoms with E-state index in [-0.39, 0.29) is 5.13 Å². The molecule has 1 N–H and O–H groups in total. The third-order valence-electron chi connectivity index (χ3n) is 5.36. The molecule has 32 heavy (non-hydrogen) atoms. The summed E-state index contributed by atoms with van der Waals surface area (Å²) < 4.78 is 54.2. The molecule has 174 valence electrons. The second-order valence-electron chi connectivity index (χ2n) is 7.65. The Morgan fingerprint density at radius 3 is 2.25 bits per heavy atom. The van der Waals surface area contributed by atoms with Gasteiger partial charge in [-0.25, -0.2) is 0 Å². The molecule has 1 aromatic heterocycles. The van der Waals surface area contributed by atoms with E-state index in [0.29, 0.717) is 27.8 Å². The molecule has 1 amide bonds. The number of hydrogen-bond donors (Lipinski definition) is 1. The average Bonchev–Trinajstić information content (AvgIpc) is 3.03. The zero-order chi connectivity index (χ0) is 23.8. The number of hydrogen-bond acceptors (Lipinski definition) is 7. The predicted molar refractivity (Wildman–Crippen MR) is 114 cm³/mol. The smallest absolute Gasteiger partial charge is 0.426 e. The van der Waals surface area contributed by atoms with E-state index >= 15 is 0 Å². The average molecular weight is 492 g/mol. The molecule has 1 aliphatic rings. The van der Waals surface area contributed by atoms with Crippen LogP contribution >= 0.6 is 22.9 Å². The molecule has 1 aliphatic carbocycles. The number of anilines is 1. The third-order valence-corrected chi connectivity index (χ3v) is 6.58. The standard InChI is InChI=1S/C20H21ClF3N3O4S/c1-19(2)10(8-13(21)20(22,23)24)14(19)16(28)25-18-27-26-17(32-18)9-6-11(29-3)15(31-5)12(7-9)30-4/h6-8,10,14H,1-5H3,(H,25,27,28). The lowest BCUT2D eigenvalue weighted by atomic mass is 10.1. The molecule has 1 fully saturated rings. The van der Waals surface area contributed by atoms with Crippen LogP contribution in [0.15, 0.2) is 23.2 Å². The van der Waals surface area contributed by atoms with E-state index in [4.69, 9.17) is 25.8 Å². The van der Waals surface area contributed by atoms with Gasteiger partial charge in [0.2, 0.25) is 16.8 Å². The van der Waals surface area contributed by atoms with Crippen LogP contribution in [-0.4, -0.2) is 43.6 Å². The Morgan fingerprint density at radius 1 is 1.16 bits per heavy atom. The van der Waals surface area contributed by atoms with E-state index < -0.39 is 34.4 Å². The molecule has 1 saturated carbocycles. The lowest BCUT2D eigenvalue weighted by Gasteiger charge is -2.13. The van der Waals surface area contributed by atoms with Crippen LogP contribution in [0.4, 0.5) is 18.3 Å². The molecule has 0 saturated heterocycles. The maximum Gasteiger partial charge on any atom is 0.426 e. The summed E-state index contributed by atoms with van der Waals surface area (Å²) >= 11 is 6.45. The number of alkyl halides is 3. The van der Waals surface area contributed by atoms with Gasteiger partial charge >= 0.3 is 6.18 Å². The lowest BCUT2D eigenvalue weighted by molar-refractivity contribution is -0.118. The summed E-state index contributed by atoms with van der Waals surface area (Å²) in [5, 5.41) is 10.2. The Hall–Kier alpha value is -2.53. The monoisotopic (exact) mass is 491 g/mol. The van der Waals surface area contributed by atoms with E-state index in [0.717, 1.165) is 17.4 Å². The highest BCUT2D eigenvalue weighted by molar-refractivity contribution is 7.18. The van der Waals surface area contributed by atoms with Crippen LogP contribution in [0.1, 0.15) is 13.8 Å². The van der Waals surface area contributed by atoms with Crippen LogP contribution in [0.2, 0.25) is 0 Å². The number of benzene rings is 1. The Balaban J connectivity index is 1.78. The van der Waals surface area contributed by atoms with E-state index in [1.807, 2.05) is 0 Å². The summed E-state index contributed by atoms with van der Waals surface area (Å²) in [6.07, 6.45) is -3.75. The van der Waals surface area contributed by atoms with E-state index in [9.17, 15) is 18.0 Å². The summed E-state index contributed by atoms with van der Waals surface area (Å²) in [5.41, 5.74) is -0.0401. The second kappa shape index (κ2) is 8.78. The quantitative estimate of drug-likeness (QED) is 0.578. The highest BCUT2D eigenvalue weighted by Gasteiger charge is 2.61. The fraction of sp³-hybridized carbons (Fsp3) is 0.450. The Kier molecular flexibility index (Phi) is 6.62. The molecule has 2 atom stereocenters. The van der Waals surface area contributed by atoms with Crippen LogP contribution in [0.3, 0.4) is 0 Å². The highest BCUT2D eigenvalue weighted by atomic mass is 35.5. The zero-order valence-electron chi connectivity index (χ0n) is 17.8. The topological polar surface area (TPSA) is 82.6 Å². The van der Waals surface area contributed by atoms with Gasteiger partial charge in [0, 0.05) is 5.56 Å². The van der Waals surface area contributed by atoms with Gasteiger partial charge in [0.1, 0.15) is 10.0 Å². The molecule has 0 radical (unpaired) electrons. The van der Waals surface area contributed by atoms with E-state index in [2.05, 4.69) is 15.5 Å². The largest absolute Gasteiger partial charge is 0.493 e. The highest BCUT2D eigenvalue weighted by Crippen LogP contribution is 2.60. The van der Waals surface area contributed by atoms with Crippen LogP contribution in [0.25, 0.3) is 10.6 Å². The molecule has 0 aliphatic heterocycles. The number of carbonyl (C=O) groups is 1. The van der Waals surface area contributed by atoms with Crippen molar-refractivity contribution >= 4 is 34.0 Å². The van der Waals surface area contributed by atoms with Crippen LogP contribution < -0.4 is 19.5 Å². The summed E-state index contributed by atoms with van der Waals surface area (Å²) in [5.74, 6) is -0.483. The minimum absolute atomic E-state index is 0.214. The predicted octanol–water partition coefficient (Wildman–Crippen LogP) is 5.13. The number of allylic oxidation sites excluding steroid dienone is 2. The van der Waals surface area contributed by atoms with Crippen LogP contribution in [-0.2, 0) is 4.79 Å². The number of amides is 1. The molecule has 2 aromatic rings. The fourth-order valence-corrected chi connectivity index (χ4v) is 4.39. The molecule has 3 rings (SSSR count). The number of aromatic nitrogens is 2. The first-order valence-corrected chi connectivity index (χ1v) is 10.5. The summed E-state index contributed by atoms with van der Waals surface area (Å²) in [6.45, 7) is 3.42. The second-order valence-corrected chi connectivity index (χ2v) is 9.04. The lowest BCUT2D eigenvalue weighted by Crippen LogP contribution is -2.16. The van der Waals surface area contributed by atoms with Crippen molar-refractivity contribution in [3.8, 4) is 27.8 Å². The molecule has 0 bridgehead atoms. The van der Waals surface area contributed by atoms with E-state index in [1.165, 1.54) is 21.3 Å². The summed E-state index contributed by atoms with van der Waals surface area (Å²) in [4.78, 5) is 12.7. The minimum Gasteiger partial charge on any atom is -0.493 e. The number of ether oxygens (including phenoxy) is 3. The van der Waals surface area contributed by atoms with Crippen molar-refractivity contribution in [2.45, 2.75) is 20.0 Å². The number of nitrogens with one attached hydrogen (secondary N) is 1. The van der Waals surface area contributed by atoms with Crippen molar-refractivity contribution in [1.29, 1.82) is 0 Å². The third kappa shape index (κ3) is 4.63. The molecule has 1 heterocycles. The van der Waals surface area contributed by atoms with Gasteiger partial charge in [0.15, 0.2) is 11.5 Å². The van der Waals surface area contributed by atoms with Crippen LogP contribution in [0.5, 0.6) is 17.2 Å². The van der Waals surface area contributed by atoms with Gasteiger partial charge < -0.3 is 19.5 Å². The Bertz CT molecular complexity index is 1030. The summed E-state index contributed by atoms with van der Waals surface area (Å²) in [6, 6.07) is 3.38. The molecule has 0 spiro atoms. The maximum absolute atomic E-state index is 12.7. The number of methoxy groups -OCH3 is 3. The number of rotatable bonds is 7. The van der Waals surface area contributed by atoms with Gasteiger partial charge in [-0.1, -0.05) is 42.9 Å². The van der Waals surface area contributed by atoms with Gasteiger partial charge in [0.25, 0.3) is 0 Å². The first-order chi connectivity index (χ1) is 14.9. The molecular formula is C20H21ClF3N3O4S. The molecule has 1 aromatic carbocycles. The number of nitrogens with zero attached hydrogens (tertiary/aromatic N) is 2. The zero-order valence-corrected chi connectivity index (χ0v) is 19.4. The number of carbonyl (C=O) groups excluding carboxylic acids is 1. The van der Waals surface area contributed by atoms with Gasteiger partial charge in [-0.3, -0.25) is 4.79 Å². The first-order valence-electron chi connectivity index (χ1n) is 9.33. The van der Waals surface area contributed by atoms with Crippen molar-refractivity contribution in [3.05, 3.63) is 23.2 Å². The van der Waals surface area contributed by atoms with Crippen molar-refractivity contribution in [1.82, 2.24) is 10.2 Å². The van der Waals surface area contributed by atoms with Crippen molar-refractivity contribution < 1.29 is 32.2 Å². The first kappa shape index (κ1) is 24.1. The number of halogens is 4. The van der Waals surface area contributed by atoms with Crippen molar-refractivity contribution in [3.63, 3.8) is 0 Å². The normalized spacial score (nSPS) is 20.0. The molecule has 7 nitrogen and oxygen atoms in total. The molecule has 2 unspecified atom stereocenters. The van der Waals surface area contributed by atoms with Gasteiger partial charge in [-0.05, 0) is 23.5 Å². The van der Waals surface area contributed by atoms with Gasteiger partial charge in [-0.2, -0.15) is 13.2 Å². The molecule has 12 heteroatoms. The van der Waals surface area contributed by atoms with Crippen molar-refractivity contribution in [2.75, 3.05) is 26.6 Å². The fourth-order valence-electron chi connectivity index (χ4n) is 3.52. The Labute approximate surface area is 191 Å². The maximum atomic E-state index is 12.7. The Morgan fingerprint density at radius 2 is 1.75 bits per heavy atom. The molecular weight excluding hydrogens is 471 g/mol. The van der Waals surface area contributed by atoms with E-state index in [1.54, 1.807) is 26.0 Å².